The van der Waals surface area contributed by atoms with Gasteiger partial charge in [0.25, 0.3) is 5.91 Å². The molecule has 1 unspecified atom stereocenters. The van der Waals surface area contributed by atoms with E-state index in [9.17, 15) is 4.79 Å². The maximum absolute atomic E-state index is 12.3. The first-order valence-electron chi connectivity index (χ1n) is 7.91. The van der Waals surface area contributed by atoms with Gasteiger partial charge in [0, 0.05) is 37.1 Å². The molecule has 120 valence electrons. The Hall–Kier alpha value is -2.33. The highest BCUT2D eigenvalue weighted by Gasteiger charge is 2.22. The molecular weight excluding hydrogens is 288 g/mol. The molecule has 2 aromatic rings. The van der Waals surface area contributed by atoms with Gasteiger partial charge in [0.05, 0.1) is 6.10 Å². The van der Waals surface area contributed by atoms with E-state index in [0.717, 1.165) is 36.4 Å². The van der Waals surface area contributed by atoms with Gasteiger partial charge < -0.3 is 15.0 Å². The van der Waals surface area contributed by atoms with Crippen molar-refractivity contribution in [2.45, 2.75) is 19.4 Å². The molecule has 0 aliphatic carbocycles. The molecule has 3 rings (SSSR count). The van der Waals surface area contributed by atoms with Crippen molar-refractivity contribution < 1.29 is 9.53 Å². The number of nitrogens with one attached hydrogen (secondary N) is 1. The van der Waals surface area contributed by atoms with Crippen LogP contribution in [0.1, 0.15) is 22.3 Å². The van der Waals surface area contributed by atoms with Gasteiger partial charge in [0.15, 0.2) is 0 Å². The predicted molar refractivity (Wildman–Crippen MR) is 93.2 cm³/mol. The summed E-state index contributed by atoms with van der Waals surface area (Å²) in [5.74, 6) is -0.0814. The number of amides is 1. The zero-order valence-electron chi connectivity index (χ0n) is 13.6. The summed E-state index contributed by atoms with van der Waals surface area (Å²) in [6, 6.07) is 15.6. The SMILES string of the molecule is COC1CCN(c2ccc(NC(=O)c3cccc(C)c3)cc2)C1. The average molecular weight is 310 g/mol. The number of hydrogen-bond acceptors (Lipinski definition) is 3. The fourth-order valence-corrected chi connectivity index (χ4v) is 2.90. The zero-order valence-corrected chi connectivity index (χ0v) is 13.6. The summed E-state index contributed by atoms with van der Waals surface area (Å²) in [5.41, 5.74) is 3.73. The Balaban J connectivity index is 1.65. The summed E-state index contributed by atoms with van der Waals surface area (Å²) < 4.78 is 5.40. The highest BCUT2D eigenvalue weighted by molar-refractivity contribution is 6.04. The number of ether oxygens (including phenoxy) is 1. The van der Waals surface area contributed by atoms with Crippen molar-refractivity contribution in [2.75, 3.05) is 30.4 Å². The van der Waals surface area contributed by atoms with Crippen LogP contribution in [-0.2, 0) is 4.74 Å². The van der Waals surface area contributed by atoms with Crippen LogP contribution in [0.2, 0.25) is 0 Å². The molecular formula is C19H22N2O2. The number of methoxy groups -OCH3 is 1. The van der Waals surface area contributed by atoms with Crippen molar-refractivity contribution in [3.63, 3.8) is 0 Å². The van der Waals surface area contributed by atoms with E-state index in [4.69, 9.17) is 4.74 Å². The van der Waals surface area contributed by atoms with Crippen LogP contribution in [0.15, 0.2) is 48.5 Å². The van der Waals surface area contributed by atoms with Crippen molar-refractivity contribution in [3.05, 3.63) is 59.7 Å². The van der Waals surface area contributed by atoms with Crippen LogP contribution >= 0.6 is 0 Å². The number of hydrogen-bond donors (Lipinski definition) is 1. The minimum absolute atomic E-state index is 0.0814. The Morgan fingerprint density at radius 2 is 2.00 bits per heavy atom. The van der Waals surface area contributed by atoms with Crippen molar-refractivity contribution >= 4 is 17.3 Å². The quantitative estimate of drug-likeness (QED) is 0.940. The van der Waals surface area contributed by atoms with Crippen LogP contribution in [0.5, 0.6) is 0 Å². The Labute approximate surface area is 137 Å². The average Bonchev–Trinajstić information content (AvgIpc) is 3.04. The molecule has 1 aliphatic rings. The molecule has 1 fully saturated rings. The summed E-state index contributed by atoms with van der Waals surface area (Å²) >= 11 is 0. The first kappa shape index (κ1) is 15.6. The number of anilines is 2. The molecule has 1 N–H and O–H groups in total. The normalized spacial score (nSPS) is 17.3. The third-order valence-corrected chi connectivity index (χ3v) is 4.25. The molecule has 1 amide bonds. The minimum Gasteiger partial charge on any atom is -0.380 e. The highest BCUT2D eigenvalue weighted by atomic mass is 16.5. The van der Waals surface area contributed by atoms with E-state index in [1.54, 1.807) is 7.11 Å². The van der Waals surface area contributed by atoms with E-state index in [1.165, 1.54) is 0 Å². The summed E-state index contributed by atoms with van der Waals surface area (Å²) in [4.78, 5) is 14.6. The number of rotatable bonds is 4. The van der Waals surface area contributed by atoms with E-state index < -0.39 is 0 Å². The Morgan fingerprint density at radius 3 is 2.65 bits per heavy atom. The van der Waals surface area contributed by atoms with Gasteiger partial charge in [-0.2, -0.15) is 0 Å². The van der Waals surface area contributed by atoms with Gasteiger partial charge >= 0.3 is 0 Å². The number of carbonyl (C=O) groups is 1. The lowest BCUT2D eigenvalue weighted by Crippen LogP contribution is -2.22. The van der Waals surface area contributed by atoms with Crippen LogP contribution in [0, 0.1) is 6.92 Å². The van der Waals surface area contributed by atoms with E-state index in [0.29, 0.717) is 11.7 Å². The molecule has 0 aromatic heterocycles. The summed E-state index contributed by atoms with van der Waals surface area (Å²) in [5, 5.41) is 2.94. The van der Waals surface area contributed by atoms with Crippen LogP contribution in [-0.4, -0.2) is 32.2 Å². The van der Waals surface area contributed by atoms with Crippen molar-refractivity contribution in [2.24, 2.45) is 0 Å². The van der Waals surface area contributed by atoms with Gasteiger partial charge in [-0.25, -0.2) is 0 Å². The molecule has 1 atom stereocenters. The third-order valence-electron chi connectivity index (χ3n) is 4.25. The first-order chi connectivity index (χ1) is 11.2. The van der Waals surface area contributed by atoms with Crippen LogP contribution in [0.25, 0.3) is 0 Å². The van der Waals surface area contributed by atoms with Gasteiger partial charge in [-0.15, -0.1) is 0 Å². The second kappa shape index (κ2) is 6.84. The predicted octanol–water partition coefficient (Wildman–Crippen LogP) is 3.47. The maximum atomic E-state index is 12.3. The molecule has 0 bridgehead atoms. The fourth-order valence-electron chi connectivity index (χ4n) is 2.90. The van der Waals surface area contributed by atoms with Gasteiger partial charge in [-0.3, -0.25) is 4.79 Å². The van der Waals surface area contributed by atoms with E-state index >= 15 is 0 Å². The molecule has 1 saturated heterocycles. The first-order valence-corrected chi connectivity index (χ1v) is 7.91. The second-order valence-electron chi connectivity index (χ2n) is 5.96. The molecule has 0 spiro atoms. The largest absolute Gasteiger partial charge is 0.380 e. The number of benzene rings is 2. The maximum Gasteiger partial charge on any atom is 0.255 e. The molecule has 23 heavy (non-hydrogen) atoms. The van der Waals surface area contributed by atoms with Gasteiger partial charge in [-0.1, -0.05) is 17.7 Å². The zero-order chi connectivity index (χ0) is 16.2. The Morgan fingerprint density at radius 1 is 1.22 bits per heavy atom. The fraction of sp³-hybridized carbons (Fsp3) is 0.316. The third kappa shape index (κ3) is 3.71. The summed E-state index contributed by atoms with van der Waals surface area (Å²) in [7, 11) is 1.76. The second-order valence-corrected chi connectivity index (χ2v) is 5.96. The number of carbonyl (C=O) groups excluding carboxylic acids is 1. The lowest BCUT2D eigenvalue weighted by Gasteiger charge is -2.18. The van der Waals surface area contributed by atoms with Gasteiger partial charge in [0.2, 0.25) is 0 Å². The Kier molecular flexibility index (Phi) is 4.63. The summed E-state index contributed by atoms with van der Waals surface area (Å²) in [6.45, 7) is 3.91. The highest BCUT2D eigenvalue weighted by Crippen LogP contribution is 2.23. The van der Waals surface area contributed by atoms with E-state index in [1.807, 2.05) is 55.5 Å². The van der Waals surface area contributed by atoms with Crippen molar-refractivity contribution in [1.82, 2.24) is 0 Å². The standard InChI is InChI=1S/C19H22N2O2/c1-14-4-3-5-15(12-14)19(22)20-16-6-8-17(9-7-16)21-11-10-18(13-21)23-2/h3-9,12,18H,10-11,13H2,1-2H3,(H,20,22). The summed E-state index contributed by atoms with van der Waals surface area (Å²) in [6.07, 6.45) is 1.37. The molecule has 0 saturated carbocycles. The molecule has 0 radical (unpaired) electrons. The number of nitrogens with zero attached hydrogens (tertiary/aromatic N) is 1. The van der Waals surface area contributed by atoms with Gasteiger partial charge in [-0.05, 0) is 49.7 Å². The lowest BCUT2D eigenvalue weighted by molar-refractivity contribution is 0.102. The molecule has 4 heteroatoms. The Bertz CT molecular complexity index is 682. The topological polar surface area (TPSA) is 41.6 Å². The smallest absolute Gasteiger partial charge is 0.255 e. The van der Waals surface area contributed by atoms with Crippen LogP contribution in [0.3, 0.4) is 0 Å². The molecule has 4 nitrogen and oxygen atoms in total. The van der Waals surface area contributed by atoms with Crippen LogP contribution < -0.4 is 10.2 Å². The minimum atomic E-state index is -0.0814. The molecule has 1 aliphatic heterocycles. The van der Waals surface area contributed by atoms with Gasteiger partial charge in [0.1, 0.15) is 0 Å². The lowest BCUT2D eigenvalue weighted by atomic mass is 10.1. The van der Waals surface area contributed by atoms with Crippen LogP contribution in [0.4, 0.5) is 11.4 Å². The number of aryl methyl sites for hydroxylation is 1. The van der Waals surface area contributed by atoms with E-state index in [2.05, 4.69) is 10.2 Å². The molecule has 1 heterocycles. The van der Waals surface area contributed by atoms with Crippen molar-refractivity contribution in [1.29, 1.82) is 0 Å². The monoisotopic (exact) mass is 310 g/mol. The molecule has 2 aromatic carbocycles. The van der Waals surface area contributed by atoms with Crippen molar-refractivity contribution in [3.8, 4) is 0 Å². The van der Waals surface area contributed by atoms with E-state index in [-0.39, 0.29) is 5.91 Å².